The Morgan fingerprint density at radius 2 is 1.62 bits per heavy atom. The molecule has 1 N–H and O–H groups in total. The number of rotatable bonds is 12. The van der Waals surface area contributed by atoms with Gasteiger partial charge in [0.25, 0.3) is 5.91 Å². The summed E-state index contributed by atoms with van der Waals surface area (Å²) in [4.78, 5) is 23.9. The fourth-order valence-electron chi connectivity index (χ4n) is 2.79. The molecule has 0 bridgehead atoms. The zero-order valence-corrected chi connectivity index (χ0v) is 17.1. The maximum absolute atomic E-state index is 12.0. The van der Waals surface area contributed by atoms with Crippen molar-refractivity contribution in [3.05, 3.63) is 59.7 Å². The highest BCUT2D eigenvalue weighted by molar-refractivity contribution is 5.81. The number of amides is 1. The van der Waals surface area contributed by atoms with Gasteiger partial charge in [-0.25, -0.2) is 0 Å². The minimum atomic E-state index is -0.462. The summed E-state index contributed by atoms with van der Waals surface area (Å²) in [6.45, 7) is 5.07. The summed E-state index contributed by atoms with van der Waals surface area (Å²) in [7, 11) is 0. The lowest BCUT2D eigenvalue weighted by molar-refractivity contribution is -0.147. The highest BCUT2D eigenvalue weighted by Crippen LogP contribution is 2.28. The second-order valence-corrected chi connectivity index (χ2v) is 6.42. The largest absolute Gasteiger partial charge is 0.490 e. The van der Waals surface area contributed by atoms with Crippen LogP contribution in [0.3, 0.4) is 0 Å². The smallest absolute Gasteiger partial charge is 0.310 e. The van der Waals surface area contributed by atoms with E-state index in [1.807, 2.05) is 32.0 Å². The molecule has 2 aromatic rings. The molecule has 0 aliphatic carbocycles. The van der Waals surface area contributed by atoms with Crippen LogP contribution in [0.1, 0.15) is 31.4 Å². The first-order valence-corrected chi connectivity index (χ1v) is 9.97. The highest BCUT2D eigenvalue weighted by Gasteiger charge is 2.11. The van der Waals surface area contributed by atoms with Crippen LogP contribution in [-0.2, 0) is 27.2 Å². The molecule has 29 heavy (non-hydrogen) atoms. The molecule has 1 amide bonds. The molecular formula is C23H29NO5. The van der Waals surface area contributed by atoms with Gasteiger partial charge in [0, 0.05) is 6.54 Å². The Balaban J connectivity index is 1.70. The van der Waals surface area contributed by atoms with E-state index < -0.39 is 5.97 Å². The van der Waals surface area contributed by atoms with Gasteiger partial charge in [0.2, 0.25) is 0 Å². The number of hydrogen-bond acceptors (Lipinski definition) is 5. The molecule has 0 aliphatic rings. The number of esters is 1. The molecule has 156 valence electrons. The molecule has 6 nitrogen and oxygen atoms in total. The Bertz CT molecular complexity index is 776. The monoisotopic (exact) mass is 399 g/mol. The predicted molar refractivity (Wildman–Crippen MR) is 111 cm³/mol. The van der Waals surface area contributed by atoms with E-state index in [0.717, 1.165) is 18.4 Å². The van der Waals surface area contributed by atoms with Crippen LogP contribution in [0, 0.1) is 0 Å². The van der Waals surface area contributed by atoms with E-state index in [-0.39, 0.29) is 18.9 Å². The van der Waals surface area contributed by atoms with Crippen molar-refractivity contribution in [1.82, 2.24) is 5.32 Å². The maximum atomic E-state index is 12.0. The molecule has 2 aromatic carbocycles. The summed E-state index contributed by atoms with van der Waals surface area (Å²) in [6.07, 6.45) is 1.78. The third-order valence-electron chi connectivity index (χ3n) is 4.13. The van der Waals surface area contributed by atoms with Crippen LogP contribution in [0.2, 0.25) is 0 Å². The fourth-order valence-corrected chi connectivity index (χ4v) is 2.79. The molecule has 0 spiro atoms. The third kappa shape index (κ3) is 8.25. The van der Waals surface area contributed by atoms with Gasteiger partial charge in [-0.1, -0.05) is 36.4 Å². The van der Waals surface area contributed by atoms with E-state index in [1.54, 1.807) is 18.2 Å². The number of hydrogen-bond donors (Lipinski definition) is 1. The Morgan fingerprint density at radius 3 is 2.34 bits per heavy atom. The van der Waals surface area contributed by atoms with E-state index in [1.165, 1.54) is 5.56 Å². The van der Waals surface area contributed by atoms with Crippen molar-refractivity contribution in [2.45, 2.75) is 33.1 Å². The van der Waals surface area contributed by atoms with Gasteiger partial charge in [-0.05, 0) is 49.9 Å². The second-order valence-electron chi connectivity index (χ2n) is 6.42. The van der Waals surface area contributed by atoms with Gasteiger partial charge in [0.05, 0.1) is 19.6 Å². The van der Waals surface area contributed by atoms with Crippen LogP contribution < -0.4 is 14.8 Å². The summed E-state index contributed by atoms with van der Waals surface area (Å²) in [5.41, 5.74) is 1.97. The number of aryl methyl sites for hydroxylation is 1. The van der Waals surface area contributed by atoms with Crippen molar-refractivity contribution in [1.29, 1.82) is 0 Å². The predicted octanol–water partition coefficient (Wildman–Crippen LogP) is 3.32. The molecule has 2 rings (SSSR count). The Hall–Kier alpha value is -3.02. The lowest BCUT2D eigenvalue weighted by Gasteiger charge is -2.12. The fraction of sp³-hybridized carbons (Fsp3) is 0.391. The van der Waals surface area contributed by atoms with Crippen molar-refractivity contribution in [3.8, 4) is 11.5 Å². The first-order chi connectivity index (χ1) is 14.1. The van der Waals surface area contributed by atoms with E-state index in [4.69, 9.17) is 14.2 Å². The molecule has 0 aliphatic heterocycles. The van der Waals surface area contributed by atoms with Gasteiger partial charge in [-0.3, -0.25) is 9.59 Å². The Morgan fingerprint density at radius 1 is 0.897 bits per heavy atom. The standard InChI is InChI=1S/C23H29NO5/c1-3-27-20-13-12-19(15-21(20)28-4-2)16-23(26)29-17-22(25)24-14-8-11-18-9-6-5-7-10-18/h5-7,9-10,12-13,15H,3-4,8,11,14,16-17H2,1-2H3,(H,24,25). The topological polar surface area (TPSA) is 73.9 Å². The zero-order valence-electron chi connectivity index (χ0n) is 17.1. The van der Waals surface area contributed by atoms with Gasteiger partial charge in [-0.2, -0.15) is 0 Å². The number of benzene rings is 2. The quantitative estimate of drug-likeness (QED) is 0.438. The minimum Gasteiger partial charge on any atom is -0.490 e. The lowest BCUT2D eigenvalue weighted by atomic mass is 10.1. The Kier molecular flexibility index (Phi) is 9.55. The zero-order chi connectivity index (χ0) is 20.9. The molecule has 0 heterocycles. The van der Waals surface area contributed by atoms with Gasteiger partial charge in [0.15, 0.2) is 18.1 Å². The van der Waals surface area contributed by atoms with Crippen molar-refractivity contribution in [3.63, 3.8) is 0 Å². The average Bonchev–Trinajstić information content (AvgIpc) is 2.73. The molecule has 0 saturated carbocycles. The van der Waals surface area contributed by atoms with Crippen LogP contribution in [0.25, 0.3) is 0 Å². The first-order valence-electron chi connectivity index (χ1n) is 9.97. The number of nitrogens with one attached hydrogen (secondary N) is 1. The van der Waals surface area contributed by atoms with Gasteiger partial charge >= 0.3 is 5.97 Å². The molecule has 6 heteroatoms. The normalized spacial score (nSPS) is 10.3. The van der Waals surface area contributed by atoms with E-state index in [0.29, 0.717) is 31.3 Å². The molecule has 0 radical (unpaired) electrons. The van der Waals surface area contributed by atoms with E-state index in [2.05, 4.69) is 17.4 Å². The average molecular weight is 399 g/mol. The van der Waals surface area contributed by atoms with Gasteiger partial charge in [-0.15, -0.1) is 0 Å². The number of carbonyl (C=O) groups is 2. The molecule has 0 atom stereocenters. The maximum Gasteiger partial charge on any atom is 0.310 e. The molecule has 0 aromatic heterocycles. The van der Waals surface area contributed by atoms with Gasteiger partial charge < -0.3 is 19.5 Å². The first kappa shape index (κ1) is 22.3. The number of carbonyl (C=O) groups excluding carboxylic acids is 2. The van der Waals surface area contributed by atoms with Crippen LogP contribution in [0.15, 0.2) is 48.5 Å². The van der Waals surface area contributed by atoms with Crippen molar-refractivity contribution in [2.24, 2.45) is 0 Å². The van der Waals surface area contributed by atoms with Gasteiger partial charge in [0.1, 0.15) is 0 Å². The summed E-state index contributed by atoms with van der Waals surface area (Å²) < 4.78 is 16.1. The summed E-state index contributed by atoms with van der Waals surface area (Å²) in [5.74, 6) is 0.473. The third-order valence-corrected chi connectivity index (χ3v) is 4.13. The summed E-state index contributed by atoms with van der Waals surface area (Å²) in [6, 6.07) is 15.4. The highest BCUT2D eigenvalue weighted by atomic mass is 16.5. The second kappa shape index (κ2) is 12.4. The summed E-state index contributed by atoms with van der Waals surface area (Å²) in [5, 5.41) is 2.77. The molecule has 0 unspecified atom stereocenters. The van der Waals surface area contributed by atoms with Crippen molar-refractivity contribution < 1.29 is 23.8 Å². The van der Waals surface area contributed by atoms with E-state index in [9.17, 15) is 9.59 Å². The summed E-state index contributed by atoms with van der Waals surface area (Å²) >= 11 is 0. The molecule has 0 saturated heterocycles. The molecular weight excluding hydrogens is 370 g/mol. The van der Waals surface area contributed by atoms with Crippen LogP contribution in [-0.4, -0.2) is 38.2 Å². The number of ether oxygens (including phenoxy) is 3. The Labute approximate surface area is 172 Å². The van der Waals surface area contributed by atoms with E-state index >= 15 is 0 Å². The SMILES string of the molecule is CCOc1ccc(CC(=O)OCC(=O)NCCCc2ccccc2)cc1OCC. The van der Waals surface area contributed by atoms with Crippen molar-refractivity contribution >= 4 is 11.9 Å². The minimum absolute atomic E-state index is 0.0633. The van der Waals surface area contributed by atoms with Crippen LogP contribution in [0.4, 0.5) is 0 Å². The lowest BCUT2D eigenvalue weighted by Crippen LogP contribution is -2.30. The van der Waals surface area contributed by atoms with Crippen LogP contribution >= 0.6 is 0 Å². The van der Waals surface area contributed by atoms with Crippen LogP contribution in [0.5, 0.6) is 11.5 Å². The molecule has 0 fully saturated rings. The van der Waals surface area contributed by atoms with Crippen molar-refractivity contribution in [2.75, 3.05) is 26.4 Å².